The Morgan fingerprint density at radius 2 is 1.72 bits per heavy atom. The number of hydrogen-bond acceptors (Lipinski definition) is 17. The molecular weight excluding hydrogens is 1090 g/mol. The summed E-state index contributed by atoms with van der Waals surface area (Å²) in [4.78, 5) is 45.9. The van der Waals surface area contributed by atoms with Crippen LogP contribution in [0.25, 0.3) is 0 Å². The quantitative estimate of drug-likeness (QED) is 0.0347. The van der Waals surface area contributed by atoms with Crippen LogP contribution in [0, 0.1) is 58.2 Å². The third-order valence-electron chi connectivity index (χ3n) is 22.2. The van der Waals surface area contributed by atoms with Crippen LogP contribution in [-0.2, 0) is 23.9 Å². The second-order valence-corrected chi connectivity index (χ2v) is 29.9. The second kappa shape index (κ2) is 28.6. The summed E-state index contributed by atoms with van der Waals surface area (Å²) < 4.78 is 20.9. The van der Waals surface area contributed by atoms with Crippen molar-refractivity contribution < 1.29 is 49.0 Å². The molecular formula is C65H102N6O10S2. The fraction of sp³-hybridized carbons (Fsp3) is 0.831. The summed E-state index contributed by atoms with van der Waals surface area (Å²) >= 11 is 0. The molecule has 0 bridgehead atoms. The van der Waals surface area contributed by atoms with Gasteiger partial charge in [-0.05, 0) is 178 Å². The Kier molecular flexibility index (Phi) is 21.7. The first-order valence-corrected chi connectivity index (χ1v) is 35.1. The van der Waals surface area contributed by atoms with E-state index < -0.39 is 46.8 Å². The van der Waals surface area contributed by atoms with Gasteiger partial charge in [0.25, 0.3) is 0 Å². The van der Waals surface area contributed by atoms with E-state index in [-0.39, 0.29) is 77.6 Å². The molecule has 1 amide bonds. The molecule has 14 atom stereocenters. The highest BCUT2D eigenvalue weighted by molar-refractivity contribution is 8.76. The van der Waals surface area contributed by atoms with E-state index in [2.05, 4.69) is 49.4 Å². The third-order valence-corrected chi connectivity index (χ3v) is 24.9. The van der Waals surface area contributed by atoms with Crippen LogP contribution in [0.4, 0.5) is 0 Å². The fourth-order valence-corrected chi connectivity index (χ4v) is 20.6. The van der Waals surface area contributed by atoms with E-state index in [1.165, 1.54) is 13.3 Å². The van der Waals surface area contributed by atoms with E-state index in [1.807, 2.05) is 14.0 Å². The normalized spacial score (nSPS) is 36.0. The van der Waals surface area contributed by atoms with Gasteiger partial charge in [0.15, 0.2) is 11.5 Å². The highest BCUT2D eigenvalue weighted by atomic mass is 33.1. The largest absolute Gasteiger partial charge is 0.504 e. The van der Waals surface area contributed by atoms with Gasteiger partial charge in [0.1, 0.15) is 17.7 Å². The first-order valence-electron chi connectivity index (χ1n) is 32.6. The average Bonchev–Trinajstić information content (AvgIpc) is 1.83. The minimum Gasteiger partial charge on any atom is -0.504 e. The zero-order valence-electron chi connectivity index (χ0n) is 50.3. The number of esters is 2. The smallest absolute Gasteiger partial charge is 0.332 e. The molecule has 5 heterocycles. The molecule has 4 aliphatic carbocycles. The Hall–Kier alpha value is -2.83. The molecule has 464 valence electrons. The highest BCUT2D eigenvalue weighted by Crippen LogP contribution is 2.65. The number of phenolic OH excluding ortho intramolecular Hbond substituents is 1. The van der Waals surface area contributed by atoms with Gasteiger partial charge in [-0.1, -0.05) is 59.3 Å². The average molecular weight is 1190 g/mol. The Morgan fingerprint density at radius 3 is 2.49 bits per heavy atom. The summed E-state index contributed by atoms with van der Waals surface area (Å²) in [5, 5.41) is 65.7. The molecule has 1 spiro atoms. The number of nitrogens with one attached hydrogen (secondary N) is 5. The molecule has 1 aromatic carbocycles. The Morgan fingerprint density at radius 1 is 0.940 bits per heavy atom. The van der Waals surface area contributed by atoms with Gasteiger partial charge >= 0.3 is 11.9 Å². The maximum atomic E-state index is 15.9. The molecule has 9 aliphatic rings. The van der Waals surface area contributed by atoms with Crippen molar-refractivity contribution in [3.63, 3.8) is 0 Å². The number of carbonyl (C=O) groups excluding carboxylic acids is 3. The number of rotatable bonds is 16. The number of ether oxygens (including phenoxy) is 3. The molecule has 16 nitrogen and oxygen atoms in total. The lowest BCUT2D eigenvalue weighted by molar-refractivity contribution is -0.183. The minimum absolute atomic E-state index is 0.00853. The Labute approximate surface area is 503 Å². The molecule has 0 unspecified atom stereocenters. The molecule has 18 heteroatoms. The Balaban J connectivity index is 1.02. The number of hydrogen-bond donors (Lipinski definition) is 9. The molecule has 0 radical (unpaired) electrons. The number of phenols is 1. The molecule has 1 aromatic rings. The molecule has 4 saturated heterocycles. The van der Waals surface area contributed by atoms with Crippen LogP contribution in [-0.4, -0.2) is 169 Å². The van der Waals surface area contributed by atoms with Crippen molar-refractivity contribution in [3.05, 3.63) is 23.3 Å². The predicted octanol–water partition coefficient (Wildman–Crippen LogP) is 7.16. The van der Waals surface area contributed by atoms with E-state index in [9.17, 15) is 30.0 Å². The topological polar surface area (TPSA) is 223 Å². The number of nitrogens with zero attached hydrogens (tertiary/aromatic N) is 1. The van der Waals surface area contributed by atoms with Crippen molar-refractivity contribution in [3.8, 4) is 23.3 Å². The standard InChI is InChI=1S/C65H102N6O10S2/c1-43(73)80-55-37-56(81-61(77)65-24-5-4-13-47(65)14-19-57(76)70-65)64(25-29-67-30-26-64)59-45(36-50-51(63(41-72)22-6-7-23-63)39-79-60-54(75)18-16-49(59)58(50)60)11-8-12-46-38-62(2,78)42-83-82-40-52(53(74)17-15-48(46)55)69-27-9-10-44(20-28-66-3)21-33-71-34-31-68-32-35-71/h16,18,44-48,50-53,55-56,59,66-69,72,74-75,78H,4-7,9-10,12-15,17,19-42H2,1-3H3,(H,70,76)/t44-,45-,46-,47-,48+,50+,51-,52-,53+,55-,56+,59+,62+,65-/m0/s1. The maximum Gasteiger partial charge on any atom is 0.332 e. The van der Waals surface area contributed by atoms with Crippen LogP contribution in [0.3, 0.4) is 0 Å². The number of aliphatic hydroxyl groups is 3. The van der Waals surface area contributed by atoms with E-state index >= 15 is 4.79 Å². The summed E-state index contributed by atoms with van der Waals surface area (Å²) in [6.07, 6.45) is 13.8. The monoisotopic (exact) mass is 1190 g/mol. The third kappa shape index (κ3) is 14.4. The van der Waals surface area contributed by atoms with Gasteiger partial charge in [-0.25, -0.2) is 4.79 Å². The highest BCUT2D eigenvalue weighted by Gasteiger charge is 2.61. The number of aliphatic hydroxyl groups excluding tert-OH is 2. The van der Waals surface area contributed by atoms with Gasteiger partial charge in [-0.2, -0.15) is 0 Å². The van der Waals surface area contributed by atoms with E-state index in [0.717, 1.165) is 121 Å². The van der Waals surface area contributed by atoms with E-state index in [1.54, 1.807) is 27.7 Å². The summed E-state index contributed by atoms with van der Waals surface area (Å²) in [6, 6.07) is 3.61. The van der Waals surface area contributed by atoms with Crippen LogP contribution < -0.4 is 31.3 Å². The van der Waals surface area contributed by atoms with E-state index in [4.69, 9.17) is 14.2 Å². The summed E-state index contributed by atoms with van der Waals surface area (Å²) in [5.74, 6) is 7.73. The van der Waals surface area contributed by atoms with Gasteiger partial charge in [0.05, 0.1) is 18.3 Å². The molecule has 0 aromatic heterocycles. The van der Waals surface area contributed by atoms with Gasteiger partial charge in [-0.3, -0.25) is 9.59 Å². The van der Waals surface area contributed by atoms with Crippen LogP contribution in [0.15, 0.2) is 12.1 Å². The molecule has 9 N–H and O–H groups in total. The Bertz CT molecular complexity index is 2410. The van der Waals surface area contributed by atoms with Crippen molar-refractivity contribution in [2.24, 2.45) is 46.3 Å². The lowest BCUT2D eigenvalue weighted by Gasteiger charge is -2.56. The zero-order chi connectivity index (χ0) is 58.2. The van der Waals surface area contributed by atoms with Crippen molar-refractivity contribution in [2.75, 3.05) is 90.7 Å². The molecule has 6 fully saturated rings. The summed E-state index contributed by atoms with van der Waals surface area (Å²) in [6.45, 7) is 12.3. The zero-order valence-corrected chi connectivity index (χ0v) is 52.0. The number of amides is 1. The molecule has 5 aliphatic heterocycles. The van der Waals surface area contributed by atoms with Crippen LogP contribution in [0.1, 0.15) is 178 Å². The lowest BCUT2D eigenvalue weighted by atomic mass is 9.51. The van der Waals surface area contributed by atoms with Crippen LogP contribution in [0.2, 0.25) is 0 Å². The lowest BCUT2D eigenvalue weighted by Crippen LogP contribution is -2.65. The number of carbonyl (C=O) groups is 3. The van der Waals surface area contributed by atoms with Gasteiger partial charge in [-0.15, -0.1) is 5.92 Å². The van der Waals surface area contributed by atoms with Crippen molar-refractivity contribution in [1.29, 1.82) is 0 Å². The van der Waals surface area contributed by atoms with Gasteiger partial charge in [0.2, 0.25) is 5.91 Å². The number of aromatic hydroxyl groups is 1. The van der Waals surface area contributed by atoms with Crippen molar-refractivity contribution in [2.45, 2.75) is 202 Å². The fourth-order valence-electron chi connectivity index (χ4n) is 17.8. The van der Waals surface area contributed by atoms with E-state index in [0.29, 0.717) is 107 Å². The number of piperidine rings is 2. The molecule has 2 saturated carbocycles. The first-order chi connectivity index (χ1) is 40.2. The predicted molar refractivity (Wildman–Crippen MR) is 327 cm³/mol. The second-order valence-electron chi connectivity index (χ2n) is 27.4. The van der Waals surface area contributed by atoms with Gasteiger partial charge in [0, 0.05) is 117 Å². The van der Waals surface area contributed by atoms with Crippen LogP contribution >= 0.6 is 21.6 Å². The number of benzene rings is 1. The molecule has 10 rings (SSSR count). The number of fused-ring (bicyclic) bond motifs is 5. The number of piperazine rings is 1. The first kappa shape index (κ1) is 63.2. The summed E-state index contributed by atoms with van der Waals surface area (Å²) in [5.41, 5.74) is -1.40. The maximum absolute atomic E-state index is 15.9. The minimum atomic E-state index is -1.19. The SMILES string of the molecule is CNCC[C@H](CCCN[C@H]1CSSC[C@](C)(O)C[C@@H]2CC#C[C@H]3C[C@H]4c5c(ccc(O)c5OC[C@@H]4C4(CO)CCCC4)[C@@H]3C3(CCNCC3)[C@H](OC(=O)[C@]34CCCC[C@H]3CCC(=O)N4)C[C@H](OC(C)=O)[C@@H]2CC[C@H]1O)CCN1CCNCC1. The van der Waals surface area contributed by atoms with Gasteiger partial charge < -0.3 is 66.1 Å². The van der Waals surface area contributed by atoms with Crippen molar-refractivity contribution in [1.82, 2.24) is 31.5 Å². The molecule has 83 heavy (non-hydrogen) atoms. The van der Waals surface area contributed by atoms with Crippen molar-refractivity contribution >= 4 is 39.4 Å². The summed E-state index contributed by atoms with van der Waals surface area (Å²) in [7, 11) is 5.36. The van der Waals surface area contributed by atoms with Crippen LogP contribution in [0.5, 0.6) is 11.5 Å².